The molecule has 0 amide bonds. The van der Waals surface area contributed by atoms with Crippen LogP contribution in [0.1, 0.15) is 10.4 Å². The van der Waals surface area contributed by atoms with Gasteiger partial charge in [-0.15, -0.1) is 0 Å². The summed E-state index contributed by atoms with van der Waals surface area (Å²) in [6.45, 7) is 1.66. The normalized spacial score (nSPS) is 10.6. The molecule has 0 saturated carbocycles. The van der Waals surface area contributed by atoms with Gasteiger partial charge in [-0.2, -0.15) is 0 Å². The van der Waals surface area contributed by atoms with Gasteiger partial charge in [0.1, 0.15) is 6.61 Å². The van der Waals surface area contributed by atoms with E-state index in [2.05, 4.69) is 5.32 Å². The molecule has 0 aliphatic rings. The molecule has 2 aromatic carbocycles. The molecule has 140 valence electrons. The molecule has 0 bridgehead atoms. The maximum Gasteiger partial charge on any atom is 0.337 e. The number of carboxylic acids is 1. The van der Waals surface area contributed by atoms with Crippen LogP contribution in [0.4, 0.5) is 11.4 Å². The number of benzene rings is 2. The predicted molar refractivity (Wildman–Crippen MR) is 101 cm³/mol. The van der Waals surface area contributed by atoms with E-state index in [1.807, 2.05) is 0 Å². The Kier molecular flexibility index (Phi) is 8.00. The Balaban J connectivity index is 2.04. The number of carbonyl (C=O) groups is 1. The second kappa shape index (κ2) is 10.2. The first kappa shape index (κ1) is 20.3. The van der Waals surface area contributed by atoms with E-state index in [-0.39, 0.29) is 12.2 Å². The van der Waals surface area contributed by atoms with E-state index in [4.69, 9.17) is 37.4 Å². The highest BCUT2D eigenvalue weighted by Gasteiger charge is 2.13. The first-order valence-corrected chi connectivity index (χ1v) is 8.56. The molecule has 8 heteroatoms. The molecule has 0 radical (unpaired) electrons. The topological polar surface area (TPSA) is 77.0 Å². The number of ether oxygens (including phenoxy) is 3. The summed E-state index contributed by atoms with van der Waals surface area (Å²) in [6.07, 6.45) is 0. The Hall–Kier alpha value is -1.99. The number of para-hydroxylation sites is 1. The summed E-state index contributed by atoms with van der Waals surface area (Å²) < 4.78 is 15.8. The largest absolute Gasteiger partial charge is 0.488 e. The lowest BCUT2D eigenvalue weighted by atomic mass is 10.1. The van der Waals surface area contributed by atoms with Gasteiger partial charge in [0.15, 0.2) is 5.75 Å². The number of methoxy groups -OCH3 is 1. The molecule has 0 fully saturated rings. The number of hydrogen-bond acceptors (Lipinski definition) is 5. The van der Waals surface area contributed by atoms with Gasteiger partial charge in [0.25, 0.3) is 0 Å². The summed E-state index contributed by atoms with van der Waals surface area (Å²) in [6, 6.07) is 9.79. The first-order chi connectivity index (χ1) is 12.5. The van der Waals surface area contributed by atoms with Crippen molar-refractivity contribution in [3.63, 3.8) is 0 Å². The molecular formula is C18H19Cl2NO5. The van der Waals surface area contributed by atoms with Crippen molar-refractivity contribution in [2.75, 3.05) is 38.9 Å². The van der Waals surface area contributed by atoms with Crippen LogP contribution in [0.2, 0.25) is 10.0 Å². The average Bonchev–Trinajstić information content (AvgIpc) is 2.60. The van der Waals surface area contributed by atoms with Crippen molar-refractivity contribution in [2.45, 2.75) is 0 Å². The zero-order valence-corrected chi connectivity index (χ0v) is 15.6. The Morgan fingerprint density at radius 1 is 1.08 bits per heavy atom. The molecule has 0 heterocycles. The van der Waals surface area contributed by atoms with Gasteiger partial charge in [-0.3, -0.25) is 0 Å². The first-order valence-electron chi connectivity index (χ1n) is 7.80. The molecule has 2 rings (SSSR count). The molecule has 2 N–H and O–H groups in total. The summed E-state index contributed by atoms with van der Waals surface area (Å²) >= 11 is 12.5. The SMILES string of the molecule is COCCOCCOc1c(Cl)cc(Nc2ccccc2C(=O)O)cc1Cl. The molecular weight excluding hydrogens is 381 g/mol. The third-order valence-corrected chi connectivity index (χ3v) is 3.90. The van der Waals surface area contributed by atoms with Gasteiger partial charge in [0.05, 0.1) is 41.1 Å². The fraction of sp³-hybridized carbons (Fsp3) is 0.278. The highest BCUT2D eigenvalue weighted by Crippen LogP contribution is 2.37. The van der Waals surface area contributed by atoms with Gasteiger partial charge in [0, 0.05) is 12.8 Å². The number of halogens is 2. The van der Waals surface area contributed by atoms with E-state index in [1.54, 1.807) is 37.4 Å². The van der Waals surface area contributed by atoms with Crippen LogP contribution in [0.25, 0.3) is 0 Å². The van der Waals surface area contributed by atoms with E-state index in [1.165, 1.54) is 6.07 Å². The highest BCUT2D eigenvalue weighted by atomic mass is 35.5. The van der Waals surface area contributed by atoms with E-state index < -0.39 is 5.97 Å². The van der Waals surface area contributed by atoms with Crippen LogP contribution in [-0.4, -0.2) is 44.6 Å². The van der Waals surface area contributed by atoms with Crippen molar-refractivity contribution in [3.8, 4) is 5.75 Å². The zero-order valence-electron chi connectivity index (χ0n) is 14.1. The summed E-state index contributed by atoms with van der Waals surface area (Å²) in [5.74, 6) is -0.681. The molecule has 0 saturated heterocycles. The second-order valence-corrected chi connectivity index (χ2v) is 6.01. The molecule has 26 heavy (non-hydrogen) atoms. The third-order valence-electron chi connectivity index (χ3n) is 3.34. The van der Waals surface area contributed by atoms with Crippen LogP contribution in [-0.2, 0) is 9.47 Å². The molecule has 2 aromatic rings. The standard InChI is InChI=1S/C18H19Cl2NO5/c1-24-6-7-25-8-9-26-17-14(19)10-12(11-15(17)20)21-16-5-3-2-4-13(16)18(22)23/h2-5,10-11,21H,6-9H2,1H3,(H,22,23). The highest BCUT2D eigenvalue weighted by molar-refractivity contribution is 6.37. The van der Waals surface area contributed by atoms with E-state index in [9.17, 15) is 9.90 Å². The van der Waals surface area contributed by atoms with E-state index >= 15 is 0 Å². The Morgan fingerprint density at radius 2 is 1.73 bits per heavy atom. The van der Waals surface area contributed by atoms with Crippen molar-refractivity contribution in [1.29, 1.82) is 0 Å². The van der Waals surface area contributed by atoms with Gasteiger partial charge in [0.2, 0.25) is 0 Å². The van der Waals surface area contributed by atoms with Crippen LogP contribution < -0.4 is 10.1 Å². The van der Waals surface area contributed by atoms with Crippen molar-refractivity contribution in [3.05, 3.63) is 52.0 Å². The third kappa shape index (κ3) is 5.78. The predicted octanol–water partition coefficient (Wildman–Crippen LogP) is 4.48. The van der Waals surface area contributed by atoms with Gasteiger partial charge in [-0.05, 0) is 24.3 Å². The minimum absolute atomic E-state index is 0.147. The molecule has 0 aliphatic heterocycles. The Labute approximate surface area is 161 Å². The van der Waals surface area contributed by atoms with Crippen LogP contribution >= 0.6 is 23.2 Å². The number of rotatable bonds is 10. The number of aromatic carboxylic acids is 1. The number of anilines is 2. The maximum absolute atomic E-state index is 11.3. The second-order valence-electron chi connectivity index (χ2n) is 5.20. The summed E-state index contributed by atoms with van der Waals surface area (Å²) in [5, 5.41) is 12.9. The molecule has 0 aliphatic carbocycles. The summed E-state index contributed by atoms with van der Waals surface area (Å²) in [4.78, 5) is 11.3. The summed E-state index contributed by atoms with van der Waals surface area (Å²) in [5.41, 5.74) is 1.14. The minimum atomic E-state index is -1.03. The number of nitrogens with one attached hydrogen (secondary N) is 1. The Morgan fingerprint density at radius 3 is 2.38 bits per heavy atom. The number of carboxylic acid groups (broad SMARTS) is 1. The van der Waals surface area contributed by atoms with Gasteiger partial charge in [-0.25, -0.2) is 4.79 Å². The number of hydrogen-bond donors (Lipinski definition) is 2. The molecule has 0 unspecified atom stereocenters. The lowest BCUT2D eigenvalue weighted by molar-refractivity contribution is 0.0544. The van der Waals surface area contributed by atoms with E-state index in [0.29, 0.717) is 47.0 Å². The van der Waals surface area contributed by atoms with Gasteiger partial charge in [-0.1, -0.05) is 35.3 Å². The molecule has 6 nitrogen and oxygen atoms in total. The zero-order chi connectivity index (χ0) is 18.9. The van der Waals surface area contributed by atoms with Crippen LogP contribution in [0.5, 0.6) is 5.75 Å². The lowest BCUT2D eigenvalue weighted by Gasteiger charge is -2.14. The van der Waals surface area contributed by atoms with Crippen molar-refractivity contribution in [1.82, 2.24) is 0 Å². The maximum atomic E-state index is 11.3. The Bertz CT molecular complexity index is 731. The monoisotopic (exact) mass is 399 g/mol. The molecule has 0 spiro atoms. The summed E-state index contributed by atoms with van der Waals surface area (Å²) in [7, 11) is 1.60. The fourth-order valence-electron chi connectivity index (χ4n) is 2.15. The van der Waals surface area contributed by atoms with Crippen LogP contribution in [0.3, 0.4) is 0 Å². The van der Waals surface area contributed by atoms with Crippen molar-refractivity contribution >= 4 is 40.5 Å². The minimum Gasteiger partial charge on any atom is -0.488 e. The van der Waals surface area contributed by atoms with Gasteiger partial charge >= 0.3 is 5.97 Å². The molecule has 0 aromatic heterocycles. The van der Waals surface area contributed by atoms with Crippen LogP contribution in [0.15, 0.2) is 36.4 Å². The van der Waals surface area contributed by atoms with Crippen LogP contribution in [0, 0.1) is 0 Å². The quantitative estimate of drug-likeness (QED) is 0.573. The van der Waals surface area contributed by atoms with Crippen molar-refractivity contribution in [2.24, 2.45) is 0 Å². The smallest absolute Gasteiger partial charge is 0.337 e. The van der Waals surface area contributed by atoms with E-state index in [0.717, 1.165) is 0 Å². The fourth-order valence-corrected chi connectivity index (χ4v) is 2.75. The average molecular weight is 400 g/mol. The lowest BCUT2D eigenvalue weighted by Crippen LogP contribution is -2.10. The molecule has 0 atom stereocenters. The van der Waals surface area contributed by atoms with Gasteiger partial charge < -0.3 is 24.6 Å². The van der Waals surface area contributed by atoms with Crippen molar-refractivity contribution < 1.29 is 24.1 Å².